The van der Waals surface area contributed by atoms with Crippen LogP contribution in [0.5, 0.6) is 0 Å². The van der Waals surface area contributed by atoms with Crippen LogP contribution in [0.4, 0.5) is 5.69 Å². The maximum Gasteiger partial charge on any atom is 0.269 e. The van der Waals surface area contributed by atoms with Gasteiger partial charge in [0.2, 0.25) is 0 Å². The van der Waals surface area contributed by atoms with Gasteiger partial charge in [0.1, 0.15) is 11.6 Å². The first-order valence-electron chi connectivity index (χ1n) is 6.45. The molecule has 1 aromatic heterocycles. The number of aromatic nitrogens is 1. The summed E-state index contributed by atoms with van der Waals surface area (Å²) in [7, 11) is 5.67. The predicted molar refractivity (Wildman–Crippen MR) is 87.9 cm³/mol. The summed E-state index contributed by atoms with van der Waals surface area (Å²) in [6.07, 6.45) is 1.87. The van der Waals surface area contributed by atoms with E-state index in [2.05, 4.69) is 0 Å². The number of rotatable bonds is 3. The van der Waals surface area contributed by atoms with Gasteiger partial charge < -0.3 is 9.47 Å². The lowest BCUT2D eigenvalue weighted by Gasteiger charge is -2.15. The minimum atomic E-state index is -0.254. The van der Waals surface area contributed by atoms with Crippen LogP contribution in [0.15, 0.2) is 40.0 Å². The van der Waals surface area contributed by atoms with E-state index < -0.39 is 0 Å². The summed E-state index contributed by atoms with van der Waals surface area (Å²) in [5.41, 5.74) is 2.82. The van der Waals surface area contributed by atoms with Gasteiger partial charge in [-0.1, -0.05) is 12.1 Å². The van der Waals surface area contributed by atoms with Crippen LogP contribution in [-0.4, -0.2) is 24.9 Å². The van der Waals surface area contributed by atoms with Crippen molar-refractivity contribution in [2.24, 2.45) is 7.05 Å². The van der Waals surface area contributed by atoms with Gasteiger partial charge in [0.25, 0.3) is 5.56 Å². The number of thioether (sulfide) groups is 1. The van der Waals surface area contributed by atoms with Gasteiger partial charge in [-0.25, -0.2) is 0 Å². The quantitative estimate of drug-likeness (QED) is 0.818. The Morgan fingerprint density at radius 3 is 2.33 bits per heavy atom. The Bertz CT molecular complexity index is 755. The molecule has 2 rings (SSSR count). The second kappa shape index (κ2) is 6.06. The largest absolute Gasteiger partial charge is 0.378 e. The van der Waals surface area contributed by atoms with Gasteiger partial charge in [0.15, 0.2) is 0 Å². The third-order valence-corrected chi connectivity index (χ3v) is 4.17. The van der Waals surface area contributed by atoms with Crippen molar-refractivity contribution in [2.45, 2.75) is 4.90 Å². The highest BCUT2D eigenvalue weighted by Gasteiger charge is 2.13. The Labute approximate surface area is 128 Å². The van der Waals surface area contributed by atoms with Crippen molar-refractivity contribution in [3.63, 3.8) is 0 Å². The maximum absolute atomic E-state index is 12.3. The zero-order valence-electron chi connectivity index (χ0n) is 12.5. The van der Waals surface area contributed by atoms with E-state index in [1.807, 2.05) is 61.7 Å². The monoisotopic (exact) mass is 299 g/mol. The first-order valence-corrected chi connectivity index (χ1v) is 7.68. The zero-order chi connectivity index (χ0) is 15.6. The number of anilines is 1. The molecule has 0 amide bonds. The molecule has 5 heteroatoms. The second-order valence-corrected chi connectivity index (χ2v) is 5.74. The highest BCUT2D eigenvalue weighted by molar-refractivity contribution is 7.98. The fourth-order valence-electron chi connectivity index (χ4n) is 2.15. The molecule has 0 N–H and O–H groups in total. The molecule has 2 aromatic rings. The van der Waals surface area contributed by atoms with Crippen LogP contribution < -0.4 is 10.5 Å². The Balaban J connectivity index is 2.62. The standard InChI is InChI=1S/C16H17N3OS/c1-18(2)12-7-5-11(6-8-12)14-9-15(21-4)13(10-17)16(20)19(14)3/h5-9H,1-4H3. The van der Waals surface area contributed by atoms with Gasteiger partial charge in [-0.05, 0) is 30.0 Å². The SMILES string of the molecule is CSc1cc(-c2ccc(N(C)C)cc2)n(C)c(=O)c1C#N. The van der Waals surface area contributed by atoms with E-state index in [0.29, 0.717) is 4.90 Å². The fourth-order valence-corrected chi connectivity index (χ4v) is 2.71. The number of nitriles is 1. The number of hydrogen-bond acceptors (Lipinski definition) is 4. The lowest BCUT2D eigenvalue weighted by Crippen LogP contribution is -2.22. The summed E-state index contributed by atoms with van der Waals surface area (Å²) < 4.78 is 1.53. The van der Waals surface area contributed by atoms with Crippen molar-refractivity contribution in [1.29, 1.82) is 5.26 Å². The van der Waals surface area contributed by atoms with Crippen LogP contribution in [0.2, 0.25) is 0 Å². The molecule has 1 aromatic carbocycles. The molecule has 4 nitrogen and oxygen atoms in total. The minimum absolute atomic E-state index is 0.207. The summed E-state index contributed by atoms with van der Waals surface area (Å²) in [5.74, 6) is 0. The summed E-state index contributed by atoms with van der Waals surface area (Å²) in [6, 6.07) is 11.9. The first-order chi connectivity index (χ1) is 9.99. The summed E-state index contributed by atoms with van der Waals surface area (Å²) in [4.78, 5) is 15.0. The van der Waals surface area contributed by atoms with Crippen LogP contribution in [0.25, 0.3) is 11.3 Å². The van der Waals surface area contributed by atoms with Crippen molar-refractivity contribution in [2.75, 3.05) is 25.3 Å². The molecule has 21 heavy (non-hydrogen) atoms. The second-order valence-electron chi connectivity index (χ2n) is 4.89. The lowest BCUT2D eigenvalue weighted by molar-refractivity contribution is 0.854. The predicted octanol–water partition coefficient (Wildman–Crippen LogP) is 2.71. The van der Waals surface area contributed by atoms with Crippen molar-refractivity contribution >= 4 is 17.4 Å². The van der Waals surface area contributed by atoms with Crippen molar-refractivity contribution in [3.8, 4) is 17.3 Å². The number of nitrogens with zero attached hydrogens (tertiary/aromatic N) is 3. The molecule has 1 heterocycles. The molecule has 0 unspecified atom stereocenters. The summed E-state index contributed by atoms with van der Waals surface area (Å²) in [5, 5.41) is 9.13. The number of benzene rings is 1. The van der Waals surface area contributed by atoms with E-state index >= 15 is 0 Å². The molecule has 0 aliphatic carbocycles. The Kier molecular flexibility index (Phi) is 4.39. The fraction of sp³-hybridized carbons (Fsp3) is 0.250. The van der Waals surface area contributed by atoms with E-state index in [9.17, 15) is 4.79 Å². The Hall–Kier alpha value is -2.19. The lowest BCUT2D eigenvalue weighted by atomic mass is 10.1. The summed E-state index contributed by atoms with van der Waals surface area (Å²) in [6.45, 7) is 0. The van der Waals surface area contributed by atoms with Gasteiger partial charge in [0.05, 0.1) is 5.69 Å². The van der Waals surface area contributed by atoms with Gasteiger partial charge in [-0.15, -0.1) is 11.8 Å². The maximum atomic E-state index is 12.3. The van der Waals surface area contributed by atoms with Gasteiger partial charge >= 0.3 is 0 Å². The van der Waals surface area contributed by atoms with Gasteiger partial charge in [0, 0.05) is 31.7 Å². The molecule has 0 bridgehead atoms. The van der Waals surface area contributed by atoms with Crippen LogP contribution in [0.3, 0.4) is 0 Å². The molecule has 0 radical (unpaired) electrons. The Morgan fingerprint density at radius 1 is 1.24 bits per heavy atom. The molecular weight excluding hydrogens is 282 g/mol. The summed E-state index contributed by atoms with van der Waals surface area (Å²) >= 11 is 1.42. The molecule has 0 aliphatic heterocycles. The molecular formula is C16H17N3OS. The van der Waals surface area contributed by atoms with Crippen LogP contribution >= 0.6 is 11.8 Å². The third kappa shape index (κ3) is 2.81. The smallest absolute Gasteiger partial charge is 0.269 e. The molecule has 0 spiro atoms. The van der Waals surface area contributed by atoms with Crippen LogP contribution in [0, 0.1) is 11.3 Å². The molecule has 0 atom stereocenters. The first kappa shape index (κ1) is 15.2. The van der Waals surface area contributed by atoms with E-state index in [1.54, 1.807) is 7.05 Å². The molecule has 0 saturated carbocycles. The molecule has 0 saturated heterocycles. The highest BCUT2D eigenvalue weighted by atomic mass is 32.2. The van der Waals surface area contributed by atoms with Crippen LogP contribution in [-0.2, 0) is 7.05 Å². The van der Waals surface area contributed by atoms with Crippen molar-refractivity contribution in [3.05, 3.63) is 46.2 Å². The topological polar surface area (TPSA) is 49.0 Å². The Morgan fingerprint density at radius 2 is 1.86 bits per heavy atom. The van der Waals surface area contributed by atoms with E-state index in [4.69, 9.17) is 5.26 Å². The minimum Gasteiger partial charge on any atom is -0.378 e. The molecule has 108 valence electrons. The van der Waals surface area contributed by atoms with Crippen LogP contribution in [0.1, 0.15) is 5.56 Å². The molecule has 0 fully saturated rings. The average Bonchev–Trinajstić information content (AvgIpc) is 2.49. The number of hydrogen-bond donors (Lipinski definition) is 0. The molecule has 0 aliphatic rings. The zero-order valence-corrected chi connectivity index (χ0v) is 13.4. The van der Waals surface area contributed by atoms with Gasteiger partial charge in [-0.2, -0.15) is 5.26 Å². The van der Waals surface area contributed by atoms with Gasteiger partial charge in [-0.3, -0.25) is 4.79 Å². The van der Waals surface area contributed by atoms with Crippen molar-refractivity contribution in [1.82, 2.24) is 4.57 Å². The highest BCUT2D eigenvalue weighted by Crippen LogP contribution is 2.26. The van der Waals surface area contributed by atoms with E-state index in [0.717, 1.165) is 16.9 Å². The van der Waals surface area contributed by atoms with E-state index in [-0.39, 0.29) is 11.1 Å². The normalized spacial score (nSPS) is 10.2. The number of pyridine rings is 1. The third-order valence-electron chi connectivity index (χ3n) is 3.41. The van der Waals surface area contributed by atoms with E-state index in [1.165, 1.54) is 16.3 Å². The van der Waals surface area contributed by atoms with Crippen molar-refractivity contribution < 1.29 is 0 Å². The average molecular weight is 299 g/mol.